The van der Waals surface area contributed by atoms with Gasteiger partial charge in [0.2, 0.25) is 0 Å². The molecule has 0 unspecified atom stereocenters. The van der Waals surface area contributed by atoms with Crippen LogP contribution in [0.1, 0.15) is 23.2 Å². The molecule has 0 spiro atoms. The minimum absolute atomic E-state index is 0. The van der Waals surface area contributed by atoms with Crippen LogP contribution in [-0.4, -0.2) is 37.1 Å². The minimum Gasteiger partial charge on any atom is -0.469 e. The molecule has 6 nitrogen and oxygen atoms in total. The van der Waals surface area contributed by atoms with E-state index in [1.165, 1.54) is 12.0 Å². The monoisotopic (exact) mass is 412 g/mol. The van der Waals surface area contributed by atoms with Crippen molar-refractivity contribution >= 4 is 47.2 Å². The van der Waals surface area contributed by atoms with Gasteiger partial charge < -0.3 is 15.4 Å². The van der Waals surface area contributed by atoms with Gasteiger partial charge in [0, 0.05) is 24.2 Å². The van der Waals surface area contributed by atoms with E-state index in [0.717, 1.165) is 11.6 Å². The van der Waals surface area contributed by atoms with Crippen molar-refractivity contribution in [3.8, 4) is 0 Å². The van der Waals surface area contributed by atoms with Crippen LogP contribution < -0.4 is 10.6 Å². The molecule has 0 aliphatic heterocycles. The van der Waals surface area contributed by atoms with Crippen molar-refractivity contribution in [2.24, 2.45) is 4.99 Å². The number of ether oxygens (including phenoxy) is 1. The summed E-state index contributed by atoms with van der Waals surface area (Å²) in [5, 5.41) is 7.17. The van der Waals surface area contributed by atoms with Crippen LogP contribution in [0, 0.1) is 6.92 Å². The number of hydrogen-bond acceptors (Lipinski definition) is 5. The Morgan fingerprint density at radius 2 is 2.25 bits per heavy atom. The summed E-state index contributed by atoms with van der Waals surface area (Å²) in [5.41, 5.74) is 0. The summed E-state index contributed by atoms with van der Waals surface area (Å²) in [6.07, 6.45) is 2.16. The maximum Gasteiger partial charge on any atom is 0.307 e. The zero-order chi connectivity index (χ0) is 14.1. The van der Waals surface area contributed by atoms with Crippen LogP contribution in [0.5, 0.6) is 0 Å². The lowest BCUT2D eigenvalue weighted by molar-refractivity contribution is -0.140. The third-order valence-electron chi connectivity index (χ3n) is 2.24. The molecule has 0 aliphatic carbocycles. The number of aryl methyl sites for hydroxylation is 1. The van der Waals surface area contributed by atoms with Crippen LogP contribution >= 0.6 is 35.3 Å². The smallest absolute Gasteiger partial charge is 0.307 e. The van der Waals surface area contributed by atoms with Gasteiger partial charge in [0.15, 0.2) is 5.96 Å². The average Bonchev–Trinajstić information content (AvgIpc) is 2.81. The van der Waals surface area contributed by atoms with Crippen LogP contribution in [-0.2, 0) is 16.1 Å². The molecule has 20 heavy (non-hydrogen) atoms. The Kier molecular flexibility index (Phi) is 10.3. The Labute approximate surface area is 140 Å². The van der Waals surface area contributed by atoms with E-state index < -0.39 is 0 Å². The average molecular weight is 412 g/mol. The number of thiazole rings is 1. The molecule has 0 bridgehead atoms. The molecule has 1 heterocycles. The van der Waals surface area contributed by atoms with Crippen molar-refractivity contribution in [3.63, 3.8) is 0 Å². The summed E-state index contributed by atoms with van der Waals surface area (Å²) in [6.45, 7) is 5.80. The molecular weight excluding hydrogens is 391 g/mol. The molecule has 8 heteroatoms. The molecule has 1 aromatic heterocycles. The molecule has 0 aliphatic rings. The van der Waals surface area contributed by atoms with Gasteiger partial charge in [-0.25, -0.2) is 9.98 Å². The lowest BCUT2D eigenvalue weighted by Gasteiger charge is -2.10. The molecule has 0 aromatic carbocycles. The number of aliphatic imine (C=N–C) groups is 1. The first-order valence-corrected chi connectivity index (χ1v) is 6.97. The highest BCUT2D eigenvalue weighted by Crippen LogP contribution is 2.11. The van der Waals surface area contributed by atoms with E-state index in [1.807, 2.05) is 20.0 Å². The van der Waals surface area contributed by atoms with Crippen LogP contribution in [0.25, 0.3) is 0 Å². The summed E-state index contributed by atoms with van der Waals surface area (Å²) in [6, 6.07) is 0. The van der Waals surface area contributed by atoms with E-state index in [4.69, 9.17) is 0 Å². The molecule has 0 atom stereocenters. The lowest BCUT2D eigenvalue weighted by Crippen LogP contribution is -2.38. The fraction of sp³-hybridized carbons (Fsp3) is 0.583. The first-order chi connectivity index (χ1) is 9.15. The van der Waals surface area contributed by atoms with Gasteiger partial charge in [-0.2, -0.15) is 0 Å². The molecule has 0 amide bonds. The quantitative estimate of drug-likeness (QED) is 0.322. The Bertz CT molecular complexity index is 437. The van der Waals surface area contributed by atoms with Crippen LogP contribution in [0.15, 0.2) is 11.2 Å². The molecule has 0 radical (unpaired) electrons. The van der Waals surface area contributed by atoms with E-state index in [-0.39, 0.29) is 29.9 Å². The van der Waals surface area contributed by atoms with Crippen molar-refractivity contribution in [2.45, 2.75) is 26.8 Å². The maximum atomic E-state index is 11.0. The molecule has 0 saturated heterocycles. The fourth-order valence-corrected chi connectivity index (χ4v) is 2.06. The predicted molar refractivity (Wildman–Crippen MR) is 91.7 cm³/mol. The Balaban J connectivity index is 0.00000361. The second kappa shape index (κ2) is 10.8. The van der Waals surface area contributed by atoms with E-state index >= 15 is 0 Å². The van der Waals surface area contributed by atoms with Crippen LogP contribution in [0.2, 0.25) is 0 Å². The Morgan fingerprint density at radius 3 is 2.80 bits per heavy atom. The third-order valence-corrected chi connectivity index (χ3v) is 3.13. The minimum atomic E-state index is -0.237. The molecule has 0 fully saturated rings. The summed E-state index contributed by atoms with van der Waals surface area (Å²) in [5.74, 6) is 0.443. The topological polar surface area (TPSA) is 75.6 Å². The number of nitrogens with zero attached hydrogens (tertiary/aromatic N) is 2. The standard InChI is InChI=1S/C12H20N4O2S.HI/c1-4-13-12(14-6-5-11(17)18-3)16-8-10-15-7-9(2)19-10;/h7H,4-6,8H2,1-3H3,(H2,13,14,16);1H. The maximum absolute atomic E-state index is 11.0. The summed E-state index contributed by atoms with van der Waals surface area (Å²) in [4.78, 5) is 20.8. The van der Waals surface area contributed by atoms with E-state index in [1.54, 1.807) is 11.3 Å². The molecule has 1 rings (SSSR count). The number of nitrogens with one attached hydrogen (secondary N) is 2. The van der Waals surface area contributed by atoms with Gasteiger partial charge in [0.1, 0.15) is 5.01 Å². The fourth-order valence-electron chi connectivity index (χ4n) is 1.35. The van der Waals surface area contributed by atoms with Gasteiger partial charge in [-0.15, -0.1) is 35.3 Å². The second-order valence-electron chi connectivity index (χ2n) is 3.81. The zero-order valence-corrected chi connectivity index (χ0v) is 15.1. The zero-order valence-electron chi connectivity index (χ0n) is 11.9. The highest BCUT2D eigenvalue weighted by molar-refractivity contribution is 14.0. The van der Waals surface area contributed by atoms with Crippen molar-refractivity contribution in [1.29, 1.82) is 0 Å². The molecule has 1 aromatic rings. The Hall–Kier alpha value is -0.900. The first kappa shape index (κ1) is 19.1. The number of esters is 1. The van der Waals surface area contributed by atoms with E-state index in [2.05, 4.69) is 25.3 Å². The summed E-state index contributed by atoms with van der Waals surface area (Å²) < 4.78 is 4.58. The molecular formula is C12H21IN4O2S. The van der Waals surface area contributed by atoms with Gasteiger partial charge in [-0.05, 0) is 13.8 Å². The van der Waals surface area contributed by atoms with Gasteiger partial charge in [-0.3, -0.25) is 4.79 Å². The lowest BCUT2D eigenvalue weighted by atomic mass is 10.4. The van der Waals surface area contributed by atoms with E-state index in [0.29, 0.717) is 25.5 Å². The highest BCUT2D eigenvalue weighted by Gasteiger charge is 2.02. The van der Waals surface area contributed by atoms with Crippen molar-refractivity contribution in [1.82, 2.24) is 15.6 Å². The SMILES string of the molecule is CCNC(=NCc1ncc(C)s1)NCCC(=O)OC.I. The molecule has 0 saturated carbocycles. The van der Waals surface area contributed by atoms with Crippen molar-refractivity contribution in [3.05, 3.63) is 16.1 Å². The summed E-state index contributed by atoms with van der Waals surface area (Å²) in [7, 11) is 1.38. The van der Waals surface area contributed by atoms with Crippen molar-refractivity contribution in [2.75, 3.05) is 20.2 Å². The number of aromatic nitrogens is 1. The van der Waals surface area contributed by atoms with Gasteiger partial charge in [0.05, 0.1) is 20.1 Å². The highest BCUT2D eigenvalue weighted by atomic mass is 127. The normalized spacial score (nSPS) is 10.7. The van der Waals surface area contributed by atoms with Crippen LogP contribution in [0.3, 0.4) is 0 Å². The van der Waals surface area contributed by atoms with Gasteiger partial charge in [0.25, 0.3) is 0 Å². The summed E-state index contributed by atoms with van der Waals surface area (Å²) >= 11 is 1.63. The van der Waals surface area contributed by atoms with Gasteiger partial charge in [-0.1, -0.05) is 0 Å². The Morgan fingerprint density at radius 1 is 1.50 bits per heavy atom. The number of guanidine groups is 1. The largest absolute Gasteiger partial charge is 0.469 e. The van der Waals surface area contributed by atoms with Crippen LogP contribution in [0.4, 0.5) is 0 Å². The second-order valence-corrected chi connectivity index (χ2v) is 5.13. The van der Waals surface area contributed by atoms with E-state index in [9.17, 15) is 4.79 Å². The third kappa shape index (κ3) is 7.63. The molecule has 2 N–H and O–H groups in total. The number of methoxy groups -OCH3 is 1. The van der Waals surface area contributed by atoms with Crippen molar-refractivity contribution < 1.29 is 9.53 Å². The number of hydrogen-bond donors (Lipinski definition) is 2. The number of carbonyl (C=O) groups is 1. The number of carbonyl (C=O) groups excluding carboxylic acids is 1. The van der Waals surface area contributed by atoms with Gasteiger partial charge >= 0.3 is 5.97 Å². The number of halogens is 1. The predicted octanol–water partition coefficient (Wildman–Crippen LogP) is 1.69. The first-order valence-electron chi connectivity index (χ1n) is 6.16. The number of rotatable bonds is 6. The molecule has 114 valence electrons.